The van der Waals surface area contributed by atoms with Crippen LogP contribution in [-0.2, 0) is 9.62 Å². The second-order valence-electron chi connectivity index (χ2n) is 1.23. The summed E-state index contributed by atoms with van der Waals surface area (Å²) in [5, 5.41) is 15.9. The maximum absolute atomic E-state index is 8.18. The molecule has 4 nitrogen and oxygen atoms in total. The molecule has 0 unspecified atom stereocenters. The molecule has 0 radical (unpaired) electrons. The molecule has 2 N–H and O–H groups in total. The minimum atomic E-state index is -0.125. The van der Waals surface area contributed by atoms with Gasteiger partial charge in [-0.3, -0.25) is 0 Å². The van der Waals surface area contributed by atoms with Crippen molar-refractivity contribution in [2.75, 3.05) is 20.0 Å². The zero-order valence-electron chi connectivity index (χ0n) is 4.54. The summed E-state index contributed by atoms with van der Waals surface area (Å²) in [4.78, 5) is 3.58. The smallest absolute Gasteiger partial charge is 0.180 e. The van der Waals surface area contributed by atoms with Gasteiger partial charge in [-0.15, -0.1) is 0 Å². The summed E-state index contributed by atoms with van der Waals surface area (Å²) in [6.45, 7) is 0.391. The topological polar surface area (TPSA) is 58.9 Å². The van der Waals surface area contributed by atoms with Gasteiger partial charge in [0.1, 0.15) is 0 Å². The minimum Gasteiger partial charge on any atom is -0.396 e. The largest absolute Gasteiger partial charge is 0.396 e. The Hall–Kier alpha value is -0.160. The van der Waals surface area contributed by atoms with E-state index in [-0.39, 0.29) is 13.4 Å². The average molecular weight is 122 g/mol. The van der Waals surface area contributed by atoms with E-state index in [4.69, 9.17) is 10.4 Å². The highest BCUT2D eigenvalue weighted by Gasteiger charge is 1.83. The predicted molar refractivity (Wildman–Crippen MR) is 26.2 cm³/mol. The van der Waals surface area contributed by atoms with E-state index in [1.165, 1.54) is 0 Å². The SMILES string of the molecule is OCCCOCOO. The van der Waals surface area contributed by atoms with Crippen molar-refractivity contribution in [3.05, 3.63) is 0 Å². The molecule has 0 bridgehead atoms. The molecule has 0 aliphatic heterocycles. The molecule has 0 aromatic carbocycles. The summed E-state index contributed by atoms with van der Waals surface area (Å²) in [6.07, 6.45) is 0.573. The minimum absolute atomic E-state index is 0.103. The van der Waals surface area contributed by atoms with Crippen LogP contribution in [0.4, 0.5) is 0 Å². The maximum atomic E-state index is 8.18. The molecule has 0 atom stereocenters. The highest BCUT2D eigenvalue weighted by molar-refractivity contribution is 4.26. The number of hydrogen-bond donors (Lipinski definition) is 2. The number of ether oxygens (including phenoxy) is 1. The fourth-order valence-corrected chi connectivity index (χ4v) is 0.263. The van der Waals surface area contributed by atoms with Crippen molar-refractivity contribution in [2.45, 2.75) is 6.42 Å². The number of aliphatic hydroxyl groups is 1. The van der Waals surface area contributed by atoms with Gasteiger partial charge >= 0.3 is 0 Å². The summed E-state index contributed by atoms with van der Waals surface area (Å²) in [5.41, 5.74) is 0. The average Bonchev–Trinajstić information content (AvgIpc) is 1.81. The van der Waals surface area contributed by atoms with Crippen molar-refractivity contribution in [3.63, 3.8) is 0 Å². The van der Waals surface area contributed by atoms with E-state index in [0.717, 1.165) is 0 Å². The molecule has 0 aliphatic rings. The van der Waals surface area contributed by atoms with Crippen molar-refractivity contribution < 1.29 is 20.0 Å². The van der Waals surface area contributed by atoms with Gasteiger partial charge in [0, 0.05) is 6.61 Å². The van der Waals surface area contributed by atoms with E-state index >= 15 is 0 Å². The van der Waals surface area contributed by atoms with Gasteiger partial charge < -0.3 is 9.84 Å². The van der Waals surface area contributed by atoms with Crippen molar-refractivity contribution in [2.24, 2.45) is 0 Å². The predicted octanol–water partition coefficient (Wildman–Crippen LogP) is -0.168. The molecular formula is C4H10O4. The van der Waals surface area contributed by atoms with Crippen molar-refractivity contribution in [1.29, 1.82) is 0 Å². The van der Waals surface area contributed by atoms with Gasteiger partial charge in [0.15, 0.2) is 6.79 Å². The molecule has 0 aromatic rings. The van der Waals surface area contributed by atoms with Crippen molar-refractivity contribution in [1.82, 2.24) is 0 Å². The quantitative estimate of drug-likeness (QED) is 0.230. The molecule has 0 fully saturated rings. The first-order valence-corrected chi connectivity index (χ1v) is 2.36. The summed E-state index contributed by atoms with van der Waals surface area (Å²) in [5.74, 6) is 0. The molecule has 8 heavy (non-hydrogen) atoms. The highest BCUT2D eigenvalue weighted by atomic mass is 17.1. The second kappa shape index (κ2) is 6.84. The van der Waals surface area contributed by atoms with Crippen LogP contribution < -0.4 is 0 Å². The molecule has 0 rings (SSSR count). The van der Waals surface area contributed by atoms with Gasteiger partial charge in [0.25, 0.3) is 0 Å². The third-order valence-corrected chi connectivity index (χ3v) is 0.583. The normalized spacial score (nSPS) is 9.75. The lowest BCUT2D eigenvalue weighted by Crippen LogP contribution is -1.99. The van der Waals surface area contributed by atoms with Gasteiger partial charge in [-0.2, -0.15) is 0 Å². The Morgan fingerprint density at radius 2 is 2.12 bits per heavy atom. The van der Waals surface area contributed by atoms with Gasteiger partial charge in [-0.25, -0.2) is 10.1 Å². The van der Waals surface area contributed by atoms with Gasteiger partial charge in [-0.05, 0) is 6.42 Å². The maximum Gasteiger partial charge on any atom is 0.180 e. The molecular weight excluding hydrogens is 112 g/mol. The molecule has 0 heterocycles. The summed E-state index contributed by atoms with van der Waals surface area (Å²) >= 11 is 0. The lowest BCUT2D eigenvalue weighted by atomic mass is 10.5. The van der Waals surface area contributed by atoms with Crippen LogP contribution in [0, 0.1) is 0 Å². The molecule has 0 saturated carbocycles. The molecule has 0 saturated heterocycles. The summed E-state index contributed by atoms with van der Waals surface area (Å²) < 4.78 is 4.59. The molecule has 0 spiro atoms. The van der Waals surface area contributed by atoms with Crippen LogP contribution >= 0.6 is 0 Å². The fraction of sp³-hybridized carbons (Fsp3) is 1.00. The molecule has 4 heteroatoms. The first kappa shape index (κ1) is 7.84. The number of hydrogen-bond acceptors (Lipinski definition) is 4. The lowest BCUT2D eigenvalue weighted by Gasteiger charge is -1.96. The van der Waals surface area contributed by atoms with Gasteiger partial charge in [0.05, 0.1) is 6.61 Å². The Balaban J connectivity index is 2.53. The zero-order chi connectivity index (χ0) is 6.24. The monoisotopic (exact) mass is 122 g/mol. The summed E-state index contributed by atoms with van der Waals surface area (Å²) in [7, 11) is 0. The van der Waals surface area contributed by atoms with E-state index in [0.29, 0.717) is 13.0 Å². The number of rotatable bonds is 5. The zero-order valence-corrected chi connectivity index (χ0v) is 4.54. The Morgan fingerprint density at radius 3 is 2.62 bits per heavy atom. The van der Waals surface area contributed by atoms with Gasteiger partial charge in [-0.1, -0.05) is 0 Å². The third-order valence-electron chi connectivity index (χ3n) is 0.583. The van der Waals surface area contributed by atoms with E-state index < -0.39 is 0 Å². The van der Waals surface area contributed by atoms with Crippen LogP contribution in [0.3, 0.4) is 0 Å². The molecule has 0 aliphatic carbocycles. The second-order valence-corrected chi connectivity index (χ2v) is 1.23. The van der Waals surface area contributed by atoms with Crippen molar-refractivity contribution in [3.8, 4) is 0 Å². The van der Waals surface area contributed by atoms with Gasteiger partial charge in [0.2, 0.25) is 0 Å². The Labute approximate surface area is 47.6 Å². The molecule has 0 amide bonds. The Bertz CT molecular complexity index is 33.0. The Morgan fingerprint density at radius 1 is 1.38 bits per heavy atom. The van der Waals surface area contributed by atoms with Crippen LogP contribution in [-0.4, -0.2) is 30.4 Å². The molecule has 0 aromatic heterocycles. The lowest BCUT2D eigenvalue weighted by molar-refractivity contribution is -0.296. The van der Waals surface area contributed by atoms with Crippen LogP contribution in [0.2, 0.25) is 0 Å². The highest BCUT2D eigenvalue weighted by Crippen LogP contribution is 1.78. The van der Waals surface area contributed by atoms with E-state index in [1.54, 1.807) is 0 Å². The summed E-state index contributed by atoms with van der Waals surface area (Å²) in [6, 6.07) is 0. The number of aliphatic hydroxyl groups excluding tert-OH is 1. The standard InChI is InChI=1S/C4H10O4/c5-2-1-3-7-4-8-6/h5-6H,1-4H2. The van der Waals surface area contributed by atoms with Crippen LogP contribution in [0.1, 0.15) is 6.42 Å². The molecule has 50 valence electrons. The Kier molecular flexibility index (Phi) is 6.70. The van der Waals surface area contributed by atoms with Crippen molar-refractivity contribution >= 4 is 0 Å². The van der Waals surface area contributed by atoms with Crippen LogP contribution in [0.15, 0.2) is 0 Å². The van der Waals surface area contributed by atoms with Crippen LogP contribution in [0.25, 0.3) is 0 Å². The van der Waals surface area contributed by atoms with E-state index in [1.807, 2.05) is 0 Å². The van der Waals surface area contributed by atoms with E-state index in [2.05, 4.69) is 9.62 Å². The fourth-order valence-electron chi connectivity index (χ4n) is 0.263. The first-order valence-electron chi connectivity index (χ1n) is 2.36. The third kappa shape index (κ3) is 5.84. The van der Waals surface area contributed by atoms with E-state index in [9.17, 15) is 0 Å². The van der Waals surface area contributed by atoms with Crippen LogP contribution in [0.5, 0.6) is 0 Å². The first-order chi connectivity index (χ1) is 3.91.